The molecule has 1 aromatic rings. The molecule has 0 fully saturated rings. The van der Waals surface area contributed by atoms with E-state index in [0.717, 1.165) is 0 Å². The molecule has 6 heteroatoms. The number of sulfone groups is 1. The van der Waals surface area contributed by atoms with E-state index in [1.807, 2.05) is 0 Å². The van der Waals surface area contributed by atoms with Gasteiger partial charge >= 0.3 is 0 Å². The third-order valence-corrected chi connectivity index (χ3v) is 3.19. The number of fused-ring (bicyclic) bond motifs is 1. The quantitative estimate of drug-likeness (QED) is 0.515. The van der Waals surface area contributed by atoms with Crippen molar-refractivity contribution in [2.24, 2.45) is 0 Å². The van der Waals surface area contributed by atoms with E-state index in [9.17, 15) is 8.42 Å². The third-order valence-electron chi connectivity index (χ3n) is 1.69. The molecule has 1 aliphatic heterocycles. The van der Waals surface area contributed by atoms with Crippen molar-refractivity contribution >= 4 is 9.84 Å². The van der Waals surface area contributed by atoms with Crippen molar-refractivity contribution in [3.63, 3.8) is 0 Å². The summed E-state index contributed by atoms with van der Waals surface area (Å²) >= 11 is 0. The minimum absolute atomic E-state index is 0.0347. The van der Waals surface area contributed by atoms with Crippen molar-refractivity contribution in [2.75, 3.05) is 5.75 Å². The number of hydrogen-bond donors (Lipinski definition) is 0. The standard InChI is InChI=1S/C5H7N3O2S/c9-11(10)2-1-8-4-6-7-5(8)3-11/h4H,1-3H2. The molecule has 1 aromatic heterocycles. The van der Waals surface area contributed by atoms with Crippen LogP contribution in [0.5, 0.6) is 0 Å². The van der Waals surface area contributed by atoms with E-state index in [0.29, 0.717) is 12.4 Å². The normalized spacial score (nSPS) is 21.1. The topological polar surface area (TPSA) is 64.8 Å². The molecule has 2 heterocycles. The van der Waals surface area contributed by atoms with Gasteiger partial charge in [0.15, 0.2) is 9.84 Å². The summed E-state index contributed by atoms with van der Waals surface area (Å²) in [7, 11) is -2.89. The van der Waals surface area contributed by atoms with Gasteiger partial charge in [0.25, 0.3) is 0 Å². The van der Waals surface area contributed by atoms with Gasteiger partial charge < -0.3 is 4.57 Å². The van der Waals surface area contributed by atoms with Crippen molar-refractivity contribution in [3.8, 4) is 0 Å². The maximum Gasteiger partial charge on any atom is 0.159 e. The minimum Gasteiger partial charge on any atom is -0.316 e. The molecular weight excluding hydrogens is 166 g/mol. The third kappa shape index (κ3) is 1.13. The average Bonchev–Trinajstić information content (AvgIpc) is 2.31. The van der Waals surface area contributed by atoms with Gasteiger partial charge in [0, 0.05) is 6.54 Å². The summed E-state index contributed by atoms with van der Waals surface area (Å²) in [5.41, 5.74) is 0. The molecule has 0 saturated heterocycles. The first-order valence-electron chi connectivity index (χ1n) is 3.24. The van der Waals surface area contributed by atoms with Crippen LogP contribution >= 0.6 is 0 Å². The summed E-state index contributed by atoms with van der Waals surface area (Å²) in [6.45, 7) is 0.491. The highest BCUT2D eigenvalue weighted by Gasteiger charge is 2.21. The van der Waals surface area contributed by atoms with Crippen molar-refractivity contribution in [1.29, 1.82) is 0 Å². The molecule has 0 unspecified atom stereocenters. The lowest BCUT2D eigenvalue weighted by atomic mass is 10.6. The van der Waals surface area contributed by atoms with Crippen LogP contribution in [0.3, 0.4) is 0 Å². The lowest BCUT2D eigenvalue weighted by Gasteiger charge is -2.12. The fraction of sp³-hybridized carbons (Fsp3) is 0.600. The van der Waals surface area contributed by atoms with Crippen LogP contribution in [0.15, 0.2) is 6.33 Å². The van der Waals surface area contributed by atoms with Gasteiger partial charge in [-0.25, -0.2) is 8.42 Å². The van der Waals surface area contributed by atoms with Gasteiger partial charge in [-0.05, 0) is 0 Å². The largest absolute Gasteiger partial charge is 0.316 e. The Bertz CT molecular complexity index is 367. The molecule has 0 radical (unpaired) electrons. The highest BCUT2D eigenvalue weighted by Crippen LogP contribution is 2.09. The van der Waals surface area contributed by atoms with Crippen LogP contribution in [0, 0.1) is 0 Å². The van der Waals surface area contributed by atoms with E-state index in [1.165, 1.54) is 0 Å². The van der Waals surface area contributed by atoms with Crippen molar-refractivity contribution in [1.82, 2.24) is 14.8 Å². The molecule has 0 atom stereocenters. The highest BCUT2D eigenvalue weighted by molar-refractivity contribution is 7.90. The second kappa shape index (κ2) is 2.04. The molecule has 5 nitrogen and oxygen atoms in total. The number of hydrogen-bond acceptors (Lipinski definition) is 4. The van der Waals surface area contributed by atoms with E-state index < -0.39 is 9.84 Å². The van der Waals surface area contributed by atoms with Crippen LogP contribution < -0.4 is 0 Å². The molecule has 0 N–H and O–H groups in total. The van der Waals surface area contributed by atoms with Gasteiger partial charge in [-0.3, -0.25) is 0 Å². The zero-order chi connectivity index (χ0) is 7.90. The van der Waals surface area contributed by atoms with Gasteiger partial charge in [-0.2, -0.15) is 0 Å². The Morgan fingerprint density at radius 2 is 2.36 bits per heavy atom. The summed E-state index contributed by atoms with van der Waals surface area (Å²) in [6.07, 6.45) is 1.56. The highest BCUT2D eigenvalue weighted by atomic mass is 32.2. The van der Waals surface area contributed by atoms with E-state index in [4.69, 9.17) is 0 Å². The van der Waals surface area contributed by atoms with E-state index >= 15 is 0 Å². The van der Waals surface area contributed by atoms with Crippen LogP contribution in [0.2, 0.25) is 0 Å². The molecule has 60 valence electrons. The first-order chi connectivity index (χ1) is 5.17. The number of nitrogens with zero attached hydrogens (tertiary/aromatic N) is 3. The summed E-state index contributed by atoms with van der Waals surface area (Å²) in [6, 6.07) is 0. The first kappa shape index (κ1) is 6.78. The van der Waals surface area contributed by atoms with Gasteiger partial charge in [0.2, 0.25) is 0 Å². The number of rotatable bonds is 0. The van der Waals surface area contributed by atoms with Crippen LogP contribution in [-0.4, -0.2) is 28.9 Å². The van der Waals surface area contributed by atoms with Crippen molar-refractivity contribution in [2.45, 2.75) is 12.3 Å². The maximum atomic E-state index is 11.0. The van der Waals surface area contributed by atoms with Crippen LogP contribution in [-0.2, 0) is 22.1 Å². The molecule has 0 spiro atoms. The summed E-state index contributed by atoms with van der Waals surface area (Å²) in [4.78, 5) is 0. The molecule has 11 heavy (non-hydrogen) atoms. The monoisotopic (exact) mass is 173 g/mol. The summed E-state index contributed by atoms with van der Waals surface area (Å²) in [5.74, 6) is 0.793. The molecule has 0 amide bonds. The molecule has 0 aliphatic carbocycles. The smallest absolute Gasteiger partial charge is 0.159 e. The maximum absolute atomic E-state index is 11.0. The Labute approximate surface area is 64.0 Å². The molecular formula is C5H7N3O2S. The Balaban J connectivity index is 2.47. The number of aryl methyl sites for hydroxylation is 1. The van der Waals surface area contributed by atoms with E-state index in [1.54, 1.807) is 10.9 Å². The second-order valence-corrected chi connectivity index (χ2v) is 4.72. The Morgan fingerprint density at radius 1 is 1.55 bits per heavy atom. The van der Waals surface area contributed by atoms with Crippen molar-refractivity contribution < 1.29 is 8.42 Å². The molecule has 0 aromatic carbocycles. The molecule has 2 rings (SSSR count). The lowest BCUT2D eigenvalue weighted by molar-refractivity contribution is 0.571. The van der Waals surface area contributed by atoms with E-state index in [-0.39, 0.29) is 11.5 Å². The SMILES string of the molecule is O=S1(=O)CCn2cnnc2C1. The zero-order valence-electron chi connectivity index (χ0n) is 5.77. The minimum atomic E-state index is -2.89. The average molecular weight is 173 g/mol. The van der Waals surface area contributed by atoms with Crippen LogP contribution in [0.4, 0.5) is 0 Å². The fourth-order valence-corrected chi connectivity index (χ4v) is 2.32. The molecule has 0 bridgehead atoms. The van der Waals surface area contributed by atoms with Crippen molar-refractivity contribution in [3.05, 3.63) is 12.2 Å². The van der Waals surface area contributed by atoms with Gasteiger partial charge in [0.05, 0.1) is 5.75 Å². The Morgan fingerprint density at radius 3 is 3.18 bits per heavy atom. The fourth-order valence-electron chi connectivity index (χ4n) is 1.08. The van der Waals surface area contributed by atoms with Gasteiger partial charge in [-0.1, -0.05) is 0 Å². The second-order valence-electron chi connectivity index (χ2n) is 2.53. The number of aromatic nitrogens is 3. The molecule has 1 aliphatic rings. The summed E-state index contributed by atoms with van der Waals surface area (Å²) < 4.78 is 23.8. The lowest BCUT2D eigenvalue weighted by Crippen LogP contribution is -2.23. The van der Waals surface area contributed by atoms with E-state index in [2.05, 4.69) is 10.2 Å². The van der Waals surface area contributed by atoms with Crippen LogP contribution in [0.1, 0.15) is 5.82 Å². The van der Waals surface area contributed by atoms with Crippen LogP contribution in [0.25, 0.3) is 0 Å². The van der Waals surface area contributed by atoms with Gasteiger partial charge in [-0.15, -0.1) is 10.2 Å². The first-order valence-corrected chi connectivity index (χ1v) is 5.07. The predicted octanol–water partition coefficient (Wildman–Crippen LogP) is -0.794. The Kier molecular flexibility index (Phi) is 1.26. The van der Waals surface area contributed by atoms with Gasteiger partial charge in [0.1, 0.15) is 17.9 Å². The predicted molar refractivity (Wildman–Crippen MR) is 37.5 cm³/mol. The zero-order valence-corrected chi connectivity index (χ0v) is 6.58. The Hall–Kier alpha value is -0.910. The summed E-state index contributed by atoms with van der Waals surface area (Å²) in [5, 5.41) is 7.30. The molecule has 0 saturated carbocycles.